The van der Waals surface area contributed by atoms with Crippen molar-refractivity contribution in [1.82, 2.24) is 0 Å². The minimum Gasteiger partial charge on any atom is -0.327 e. The molecular weight excluding hydrogens is 401 g/mol. The summed E-state index contributed by atoms with van der Waals surface area (Å²) in [5, 5.41) is 0. The lowest BCUT2D eigenvalue weighted by Crippen LogP contribution is -2.32. The second-order valence-electron chi connectivity index (χ2n) is 6.87. The highest BCUT2D eigenvalue weighted by Gasteiger charge is 2.19. The highest BCUT2D eigenvalue weighted by atomic mass is 19.2. The number of carbonyl (C=O) groups excluding carboxylic acids is 1. The molecule has 0 aliphatic carbocycles. The fourth-order valence-corrected chi connectivity index (χ4v) is 2.76. The van der Waals surface area contributed by atoms with Crippen LogP contribution in [0.2, 0.25) is 0 Å². The van der Waals surface area contributed by atoms with Crippen molar-refractivity contribution in [2.24, 2.45) is 16.6 Å². The van der Waals surface area contributed by atoms with Crippen molar-refractivity contribution < 1.29 is 18.0 Å². The number of hydrogen-bond donors (Lipinski definition) is 1. The normalized spacial score (nSPS) is 11.7. The maximum atomic E-state index is 13.6. The number of benzene rings is 1. The predicted octanol–water partition coefficient (Wildman–Crippen LogP) is 6.95. The largest absolute Gasteiger partial charge is 0.327 e. The third kappa shape index (κ3) is 13.7. The maximum Gasteiger partial charge on any atom is 0.177 e. The first kappa shape index (κ1) is 31.0. The molecular formula is C25H39F3N2O. The number of halogens is 3. The van der Waals surface area contributed by atoms with Gasteiger partial charge in [-0.1, -0.05) is 53.2 Å². The van der Waals surface area contributed by atoms with E-state index in [-0.39, 0.29) is 29.5 Å². The molecule has 0 amide bonds. The Morgan fingerprint density at radius 1 is 1.10 bits per heavy atom. The molecule has 1 rings (SSSR count). The van der Waals surface area contributed by atoms with Gasteiger partial charge in [-0.15, -0.1) is 0 Å². The highest BCUT2D eigenvalue weighted by molar-refractivity contribution is 5.94. The van der Waals surface area contributed by atoms with Crippen LogP contribution in [0.5, 0.6) is 0 Å². The van der Waals surface area contributed by atoms with Gasteiger partial charge in [0.05, 0.1) is 5.70 Å². The Morgan fingerprint density at radius 2 is 1.61 bits per heavy atom. The quantitative estimate of drug-likeness (QED) is 0.243. The first-order chi connectivity index (χ1) is 14.7. The summed E-state index contributed by atoms with van der Waals surface area (Å²) in [5.74, 6) is -2.70. The third-order valence-corrected chi connectivity index (χ3v) is 4.38. The van der Waals surface area contributed by atoms with Gasteiger partial charge in [0.2, 0.25) is 0 Å². The summed E-state index contributed by atoms with van der Waals surface area (Å²) in [5.41, 5.74) is 6.54. The number of rotatable bonds is 10. The summed E-state index contributed by atoms with van der Waals surface area (Å²) in [6, 6.07) is 1.28. The van der Waals surface area contributed by atoms with Crippen molar-refractivity contribution in [2.75, 3.05) is 0 Å². The molecule has 0 fully saturated rings. The molecule has 6 heteroatoms. The van der Waals surface area contributed by atoms with E-state index in [0.717, 1.165) is 31.7 Å². The Bertz CT molecular complexity index is 709. The van der Waals surface area contributed by atoms with Crippen LogP contribution in [0.25, 0.3) is 0 Å². The van der Waals surface area contributed by atoms with E-state index in [1.54, 1.807) is 12.3 Å². The molecule has 0 radical (unpaired) electrons. The van der Waals surface area contributed by atoms with Gasteiger partial charge in [-0.3, -0.25) is 9.79 Å². The number of aliphatic imine (C=N–C) groups is 1. The molecule has 0 heterocycles. The van der Waals surface area contributed by atoms with Crippen LogP contribution < -0.4 is 5.73 Å². The van der Waals surface area contributed by atoms with Crippen molar-refractivity contribution in [3.63, 3.8) is 0 Å². The van der Waals surface area contributed by atoms with Crippen LogP contribution in [0.1, 0.15) is 72.8 Å². The van der Waals surface area contributed by atoms with E-state index in [2.05, 4.69) is 25.4 Å². The summed E-state index contributed by atoms with van der Waals surface area (Å²) in [4.78, 5) is 14.3. The Kier molecular flexibility index (Phi) is 18.5. The number of ketones is 1. The lowest BCUT2D eigenvalue weighted by Gasteiger charge is -2.23. The molecule has 1 aromatic rings. The summed E-state index contributed by atoms with van der Waals surface area (Å²) in [6.45, 7) is 14.9. The number of hydrogen-bond acceptors (Lipinski definition) is 3. The molecule has 0 aromatic heterocycles. The van der Waals surface area contributed by atoms with E-state index in [9.17, 15) is 18.0 Å². The van der Waals surface area contributed by atoms with Crippen LogP contribution in [0.3, 0.4) is 0 Å². The lowest BCUT2D eigenvalue weighted by atomic mass is 9.87. The molecule has 1 unspecified atom stereocenters. The Morgan fingerprint density at radius 3 is 2.06 bits per heavy atom. The van der Waals surface area contributed by atoms with E-state index >= 15 is 0 Å². The zero-order valence-electron chi connectivity index (χ0n) is 19.9. The van der Waals surface area contributed by atoms with E-state index in [0.29, 0.717) is 12.0 Å². The maximum absolute atomic E-state index is 13.6. The minimum absolute atomic E-state index is 0.0965. The lowest BCUT2D eigenvalue weighted by molar-refractivity contribution is -0.113. The van der Waals surface area contributed by atoms with Gasteiger partial charge in [-0.05, 0) is 49.8 Å². The first-order valence-corrected chi connectivity index (χ1v) is 10.9. The average Bonchev–Trinajstić information content (AvgIpc) is 2.73. The monoisotopic (exact) mass is 440 g/mol. The highest BCUT2D eigenvalue weighted by Crippen LogP contribution is 2.22. The van der Waals surface area contributed by atoms with Gasteiger partial charge < -0.3 is 5.73 Å². The Labute approximate surface area is 186 Å². The Balaban J connectivity index is 0. The summed E-state index contributed by atoms with van der Waals surface area (Å²) in [6.07, 6.45) is 9.33. The summed E-state index contributed by atoms with van der Waals surface area (Å²) < 4.78 is 39.5. The minimum atomic E-state index is -1.16. The second-order valence-corrected chi connectivity index (χ2v) is 6.87. The molecule has 1 aromatic carbocycles. The van der Waals surface area contributed by atoms with Gasteiger partial charge in [0.25, 0.3) is 0 Å². The summed E-state index contributed by atoms with van der Waals surface area (Å²) in [7, 11) is 0. The van der Waals surface area contributed by atoms with Crippen molar-refractivity contribution in [3.8, 4) is 0 Å². The molecule has 0 aliphatic rings. The van der Waals surface area contributed by atoms with Crippen LogP contribution in [-0.4, -0.2) is 18.0 Å². The van der Waals surface area contributed by atoms with Gasteiger partial charge in [0, 0.05) is 25.2 Å². The van der Waals surface area contributed by atoms with Crippen molar-refractivity contribution in [3.05, 3.63) is 59.6 Å². The fourth-order valence-electron chi connectivity index (χ4n) is 2.76. The van der Waals surface area contributed by atoms with Crippen molar-refractivity contribution in [2.45, 2.75) is 79.7 Å². The number of carbonyl (C=O) groups is 1. The molecule has 0 spiro atoms. The zero-order chi connectivity index (χ0) is 24.4. The van der Waals surface area contributed by atoms with Gasteiger partial charge in [-0.2, -0.15) is 0 Å². The molecule has 1 atom stereocenters. The van der Waals surface area contributed by atoms with Crippen LogP contribution in [0, 0.1) is 23.4 Å². The molecule has 0 saturated heterocycles. The zero-order valence-corrected chi connectivity index (χ0v) is 19.9. The van der Waals surface area contributed by atoms with Crippen LogP contribution in [0.15, 0.2) is 41.6 Å². The molecule has 0 bridgehead atoms. The second kappa shape index (κ2) is 18.6. The van der Waals surface area contributed by atoms with Crippen LogP contribution in [-0.2, 0) is 11.2 Å². The van der Waals surface area contributed by atoms with Crippen LogP contribution >= 0.6 is 0 Å². The van der Waals surface area contributed by atoms with Gasteiger partial charge in [0.15, 0.2) is 17.4 Å². The van der Waals surface area contributed by atoms with E-state index in [4.69, 9.17) is 5.73 Å². The Hall–Kier alpha value is -2.21. The predicted molar refractivity (Wildman–Crippen MR) is 126 cm³/mol. The number of Topliss-reactive ketones (excluding diaryl/α,β-unsaturated/α-hetero) is 1. The van der Waals surface area contributed by atoms with Crippen molar-refractivity contribution >= 4 is 12.0 Å². The number of nitrogens with two attached hydrogens (primary N) is 1. The first-order valence-electron chi connectivity index (χ1n) is 10.9. The van der Waals surface area contributed by atoms with Crippen LogP contribution in [0.4, 0.5) is 13.2 Å². The molecule has 2 N–H and O–H groups in total. The number of nitrogens with zero attached hydrogens (tertiary/aromatic N) is 1. The average molecular weight is 441 g/mol. The van der Waals surface area contributed by atoms with Gasteiger partial charge >= 0.3 is 0 Å². The summed E-state index contributed by atoms with van der Waals surface area (Å²) >= 11 is 0. The molecule has 31 heavy (non-hydrogen) atoms. The van der Waals surface area contributed by atoms with Gasteiger partial charge in [0.1, 0.15) is 5.82 Å². The van der Waals surface area contributed by atoms with Gasteiger partial charge in [-0.25, -0.2) is 13.2 Å². The smallest absolute Gasteiger partial charge is 0.177 e. The SMILES string of the molecule is C=C(N=C/C=C\C)C(C)=O.CC.CCCC(CCC)C(N)Cc1cc(F)c(F)cc1F. The fraction of sp³-hybridized carbons (Fsp3) is 0.520. The van der Waals surface area contributed by atoms with E-state index in [1.807, 2.05) is 26.8 Å². The topological polar surface area (TPSA) is 55.5 Å². The molecule has 0 aliphatic heterocycles. The molecule has 176 valence electrons. The molecule has 3 nitrogen and oxygen atoms in total. The molecule has 0 saturated carbocycles. The third-order valence-electron chi connectivity index (χ3n) is 4.38. The van der Waals surface area contributed by atoms with E-state index in [1.165, 1.54) is 6.92 Å². The van der Waals surface area contributed by atoms with E-state index < -0.39 is 17.5 Å². The number of allylic oxidation sites excluding steroid dienone is 3. The van der Waals surface area contributed by atoms with Crippen molar-refractivity contribution in [1.29, 1.82) is 0 Å². The standard InChI is InChI=1S/C15H22F3N.C8H11NO.C2H6/c1-3-5-10(6-4-2)15(19)8-11-7-13(17)14(18)9-12(11)16;1-4-5-6-9-7(2)8(3)10;1-2/h7,9-10,15H,3-6,8,19H2,1-2H3;4-6H,2H2,1,3H3;1-2H3/b;5-4-,9-6?;.